The first-order valence-electron chi connectivity index (χ1n) is 5.22. The minimum Gasteiger partial charge on any atom is -0.343 e. The molecule has 3 unspecified atom stereocenters. The molecule has 84 valence electrons. The third kappa shape index (κ3) is 2.19. The van der Waals surface area contributed by atoms with Gasteiger partial charge >= 0.3 is 0 Å². The first kappa shape index (κ1) is 11.8. The van der Waals surface area contributed by atoms with Crippen LogP contribution in [0.1, 0.15) is 27.2 Å². The predicted octanol–water partition coefficient (Wildman–Crippen LogP) is 0.686. The molecule has 0 aromatic carbocycles. The fourth-order valence-corrected chi connectivity index (χ4v) is 1.89. The van der Waals surface area contributed by atoms with Gasteiger partial charge in [0.05, 0.1) is 0 Å². The number of nitrogens with zero attached hydrogens (tertiary/aromatic N) is 1. The highest BCUT2D eigenvalue weighted by Crippen LogP contribution is 2.15. The van der Waals surface area contributed by atoms with E-state index in [0.29, 0.717) is 6.42 Å². The number of hydrogen-bond acceptors (Lipinski definition) is 2. The topological polar surface area (TPSA) is 49.4 Å². The van der Waals surface area contributed by atoms with Gasteiger partial charge in [-0.15, -0.1) is 6.58 Å². The van der Waals surface area contributed by atoms with Crippen LogP contribution in [0.5, 0.6) is 0 Å². The van der Waals surface area contributed by atoms with Crippen molar-refractivity contribution < 1.29 is 9.59 Å². The Balaban J connectivity index is 2.86. The van der Waals surface area contributed by atoms with Crippen molar-refractivity contribution in [2.24, 2.45) is 0 Å². The third-order valence-corrected chi connectivity index (χ3v) is 2.76. The van der Waals surface area contributed by atoms with Crippen LogP contribution < -0.4 is 5.32 Å². The molecule has 0 radical (unpaired) electrons. The van der Waals surface area contributed by atoms with Crippen molar-refractivity contribution in [2.45, 2.75) is 45.3 Å². The molecule has 1 aliphatic heterocycles. The van der Waals surface area contributed by atoms with E-state index in [9.17, 15) is 9.59 Å². The average molecular weight is 210 g/mol. The van der Waals surface area contributed by atoms with E-state index in [1.807, 2.05) is 6.92 Å². The SMILES string of the molecule is C=CCC(C)N1C(=O)C(C)NC(=O)C1C. The Bertz CT molecular complexity index is 288. The zero-order chi connectivity index (χ0) is 11.6. The molecule has 4 nitrogen and oxygen atoms in total. The molecule has 0 saturated carbocycles. The van der Waals surface area contributed by atoms with Gasteiger partial charge in [0.25, 0.3) is 0 Å². The van der Waals surface area contributed by atoms with Gasteiger partial charge in [-0.3, -0.25) is 9.59 Å². The van der Waals surface area contributed by atoms with E-state index in [1.165, 1.54) is 0 Å². The molecule has 1 heterocycles. The number of rotatable bonds is 3. The minimum absolute atomic E-state index is 0.0172. The lowest BCUT2D eigenvalue weighted by atomic mass is 10.0. The molecule has 3 atom stereocenters. The smallest absolute Gasteiger partial charge is 0.245 e. The van der Waals surface area contributed by atoms with Gasteiger partial charge in [-0.25, -0.2) is 0 Å². The maximum Gasteiger partial charge on any atom is 0.245 e. The summed E-state index contributed by atoms with van der Waals surface area (Å²) in [6.45, 7) is 9.03. The fourth-order valence-electron chi connectivity index (χ4n) is 1.89. The van der Waals surface area contributed by atoms with Gasteiger partial charge in [0.2, 0.25) is 11.8 Å². The molecule has 1 aliphatic rings. The largest absolute Gasteiger partial charge is 0.343 e. The summed E-state index contributed by atoms with van der Waals surface area (Å²) in [5.74, 6) is -0.102. The second kappa shape index (κ2) is 4.47. The summed E-state index contributed by atoms with van der Waals surface area (Å²) in [4.78, 5) is 25.1. The van der Waals surface area contributed by atoms with E-state index in [0.717, 1.165) is 0 Å². The Morgan fingerprint density at radius 1 is 1.53 bits per heavy atom. The average Bonchev–Trinajstić information content (AvgIpc) is 2.16. The Hall–Kier alpha value is -1.32. The molecule has 1 saturated heterocycles. The summed E-state index contributed by atoms with van der Waals surface area (Å²) in [6.07, 6.45) is 2.47. The van der Waals surface area contributed by atoms with Crippen LogP contribution >= 0.6 is 0 Å². The summed E-state index contributed by atoms with van der Waals surface area (Å²) < 4.78 is 0. The minimum atomic E-state index is -0.416. The number of piperazine rings is 1. The van der Waals surface area contributed by atoms with Crippen LogP contribution in [0.2, 0.25) is 0 Å². The van der Waals surface area contributed by atoms with Crippen LogP contribution in [-0.4, -0.2) is 34.8 Å². The van der Waals surface area contributed by atoms with Crippen molar-refractivity contribution >= 4 is 11.8 Å². The van der Waals surface area contributed by atoms with Gasteiger partial charge in [0.1, 0.15) is 12.1 Å². The lowest BCUT2D eigenvalue weighted by Gasteiger charge is -2.39. The van der Waals surface area contributed by atoms with Crippen molar-refractivity contribution in [1.82, 2.24) is 10.2 Å². The molecule has 0 aliphatic carbocycles. The van der Waals surface area contributed by atoms with Gasteiger partial charge < -0.3 is 10.2 Å². The lowest BCUT2D eigenvalue weighted by Crippen LogP contribution is -2.63. The maximum absolute atomic E-state index is 11.9. The summed E-state index contributed by atoms with van der Waals surface area (Å²) in [5, 5.41) is 2.65. The zero-order valence-electron chi connectivity index (χ0n) is 9.49. The molecule has 0 aromatic rings. The van der Waals surface area contributed by atoms with Crippen molar-refractivity contribution in [3.8, 4) is 0 Å². The van der Waals surface area contributed by atoms with Gasteiger partial charge in [0.15, 0.2) is 0 Å². The lowest BCUT2D eigenvalue weighted by molar-refractivity contribution is -0.150. The van der Waals surface area contributed by atoms with E-state index in [4.69, 9.17) is 0 Å². The van der Waals surface area contributed by atoms with E-state index in [1.54, 1.807) is 24.8 Å². The van der Waals surface area contributed by atoms with Crippen LogP contribution in [0.4, 0.5) is 0 Å². The van der Waals surface area contributed by atoms with E-state index < -0.39 is 6.04 Å². The summed E-state index contributed by atoms with van der Waals surface area (Å²) in [5.41, 5.74) is 0. The molecule has 4 heteroatoms. The predicted molar refractivity (Wildman–Crippen MR) is 58.2 cm³/mol. The maximum atomic E-state index is 11.9. The summed E-state index contributed by atoms with van der Waals surface area (Å²) in [7, 11) is 0. The Kier molecular flexibility index (Phi) is 3.50. The van der Waals surface area contributed by atoms with Crippen LogP contribution in [0.3, 0.4) is 0 Å². The standard InChI is InChI=1S/C11H18N2O2/c1-5-6-7(2)13-9(4)10(14)12-8(3)11(13)15/h5,7-9H,1,6H2,2-4H3,(H,12,14). The monoisotopic (exact) mass is 210 g/mol. The third-order valence-electron chi connectivity index (χ3n) is 2.76. The van der Waals surface area contributed by atoms with E-state index in [2.05, 4.69) is 11.9 Å². The van der Waals surface area contributed by atoms with Crippen molar-refractivity contribution in [2.75, 3.05) is 0 Å². The number of carbonyl (C=O) groups is 2. The molecule has 0 bridgehead atoms. The Morgan fingerprint density at radius 2 is 2.13 bits per heavy atom. The summed E-state index contributed by atoms with van der Waals surface area (Å²) in [6, 6.07) is -0.775. The molecular formula is C11H18N2O2. The number of carbonyl (C=O) groups excluding carboxylic acids is 2. The molecule has 1 N–H and O–H groups in total. The molecule has 0 spiro atoms. The highest BCUT2D eigenvalue weighted by Gasteiger charge is 2.37. The van der Waals surface area contributed by atoms with Gasteiger partial charge in [-0.2, -0.15) is 0 Å². The van der Waals surface area contributed by atoms with Crippen LogP contribution in [-0.2, 0) is 9.59 Å². The quantitative estimate of drug-likeness (QED) is 0.697. The van der Waals surface area contributed by atoms with Crippen molar-refractivity contribution in [3.63, 3.8) is 0 Å². The molecular weight excluding hydrogens is 192 g/mol. The van der Waals surface area contributed by atoms with Gasteiger partial charge in [-0.1, -0.05) is 6.08 Å². The van der Waals surface area contributed by atoms with Crippen molar-refractivity contribution in [1.29, 1.82) is 0 Å². The van der Waals surface area contributed by atoms with Gasteiger partial charge in [0, 0.05) is 6.04 Å². The first-order chi connectivity index (χ1) is 6.99. The van der Waals surface area contributed by atoms with E-state index in [-0.39, 0.29) is 23.9 Å². The molecule has 15 heavy (non-hydrogen) atoms. The Labute approximate surface area is 90.3 Å². The van der Waals surface area contributed by atoms with Crippen molar-refractivity contribution in [3.05, 3.63) is 12.7 Å². The van der Waals surface area contributed by atoms with Gasteiger partial charge in [-0.05, 0) is 27.2 Å². The highest BCUT2D eigenvalue weighted by molar-refractivity contribution is 5.96. The summed E-state index contributed by atoms with van der Waals surface area (Å²) >= 11 is 0. The zero-order valence-corrected chi connectivity index (χ0v) is 9.49. The molecule has 0 aromatic heterocycles. The van der Waals surface area contributed by atoms with E-state index >= 15 is 0 Å². The Morgan fingerprint density at radius 3 is 2.67 bits per heavy atom. The number of nitrogens with one attached hydrogen (secondary N) is 1. The normalized spacial score (nSPS) is 28.6. The van der Waals surface area contributed by atoms with Crippen LogP contribution in [0.25, 0.3) is 0 Å². The highest BCUT2D eigenvalue weighted by atomic mass is 16.2. The first-order valence-corrected chi connectivity index (χ1v) is 5.22. The van der Waals surface area contributed by atoms with Crippen LogP contribution in [0.15, 0.2) is 12.7 Å². The second-order valence-corrected chi connectivity index (χ2v) is 4.03. The number of amides is 2. The number of hydrogen-bond donors (Lipinski definition) is 1. The second-order valence-electron chi connectivity index (χ2n) is 4.03. The molecule has 2 amide bonds. The fraction of sp³-hybridized carbons (Fsp3) is 0.636. The molecule has 1 fully saturated rings. The van der Waals surface area contributed by atoms with Crippen LogP contribution in [0, 0.1) is 0 Å². The molecule has 1 rings (SSSR count).